The van der Waals surface area contributed by atoms with Crippen LogP contribution in [0.5, 0.6) is 0 Å². The third-order valence-corrected chi connectivity index (χ3v) is 2.67. The fraction of sp³-hybridized carbons (Fsp3) is 0.0833. The van der Waals surface area contributed by atoms with Crippen molar-refractivity contribution < 1.29 is 0 Å². The van der Waals surface area contributed by atoms with Gasteiger partial charge in [0.2, 0.25) is 0 Å². The molecule has 3 aromatic heterocycles. The van der Waals surface area contributed by atoms with Crippen molar-refractivity contribution in [1.29, 1.82) is 0 Å². The molecule has 3 aromatic rings. The molecule has 0 aliphatic carbocycles. The highest BCUT2D eigenvalue weighted by Crippen LogP contribution is 2.22. The molecule has 0 spiro atoms. The lowest BCUT2D eigenvalue weighted by atomic mass is 10.2. The molecule has 0 bridgehead atoms. The predicted octanol–water partition coefficient (Wildman–Crippen LogP) is 1.61. The zero-order chi connectivity index (χ0) is 11.8. The summed E-state index contributed by atoms with van der Waals surface area (Å²) in [4.78, 5) is 12.8. The Hall–Kier alpha value is -2.43. The highest BCUT2D eigenvalue weighted by Gasteiger charge is 2.10. The number of nitrogens with zero attached hydrogens (tertiary/aromatic N) is 4. The maximum absolute atomic E-state index is 5.68. The first-order valence-corrected chi connectivity index (χ1v) is 5.25. The summed E-state index contributed by atoms with van der Waals surface area (Å²) >= 11 is 0. The van der Waals surface area contributed by atoms with E-state index in [9.17, 15) is 0 Å². The van der Waals surface area contributed by atoms with Gasteiger partial charge in [0.05, 0.1) is 0 Å². The van der Waals surface area contributed by atoms with Crippen LogP contribution in [0.3, 0.4) is 0 Å². The van der Waals surface area contributed by atoms with E-state index in [0.29, 0.717) is 5.82 Å². The van der Waals surface area contributed by atoms with Gasteiger partial charge < -0.3 is 10.3 Å². The second kappa shape index (κ2) is 3.55. The van der Waals surface area contributed by atoms with Crippen molar-refractivity contribution in [1.82, 2.24) is 19.5 Å². The number of pyridine rings is 2. The minimum absolute atomic E-state index is 0.488. The molecule has 5 heteroatoms. The van der Waals surface area contributed by atoms with E-state index in [0.717, 1.165) is 22.6 Å². The van der Waals surface area contributed by atoms with Crippen LogP contribution in [-0.4, -0.2) is 19.5 Å². The SMILES string of the molecule is Cn1c(-c2ccnc(N)c2)nc2cccnc21. The molecular weight excluding hydrogens is 214 g/mol. The molecule has 5 nitrogen and oxygen atoms in total. The van der Waals surface area contributed by atoms with Crippen molar-refractivity contribution in [2.75, 3.05) is 5.73 Å². The summed E-state index contributed by atoms with van der Waals surface area (Å²) in [7, 11) is 1.94. The van der Waals surface area contributed by atoms with Gasteiger partial charge in [0.15, 0.2) is 5.65 Å². The van der Waals surface area contributed by atoms with Crippen molar-refractivity contribution in [2.24, 2.45) is 7.05 Å². The quantitative estimate of drug-likeness (QED) is 0.683. The molecule has 0 aliphatic heterocycles. The predicted molar refractivity (Wildman–Crippen MR) is 66.2 cm³/mol. The van der Waals surface area contributed by atoms with E-state index in [1.54, 1.807) is 18.5 Å². The number of nitrogens with two attached hydrogens (primary N) is 1. The van der Waals surface area contributed by atoms with Gasteiger partial charge in [-0.15, -0.1) is 0 Å². The van der Waals surface area contributed by atoms with Gasteiger partial charge in [-0.2, -0.15) is 0 Å². The van der Waals surface area contributed by atoms with Crippen LogP contribution in [0.4, 0.5) is 5.82 Å². The first-order chi connectivity index (χ1) is 8.25. The Balaban J connectivity index is 2.27. The van der Waals surface area contributed by atoms with Crippen LogP contribution in [0.2, 0.25) is 0 Å². The molecule has 3 heterocycles. The molecular formula is C12H11N5. The summed E-state index contributed by atoms with van der Waals surface area (Å²) in [6, 6.07) is 7.51. The molecule has 2 N–H and O–H groups in total. The molecule has 0 fully saturated rings. The first kappa shape index (κ1) is 9.77. The fourth-order valence-corrected chi connectivity index (χ4v) is 1.87. The number of hydrogen-bond acceptors (Lipinski definition) is 4. The van der Waals surface area contributed by atoms with Gasteiger partial charge in [0, 0.05) is 25.0 Å². The van der Waals surface area contributed by atoms with Gasteiger partial charge in [-0.05, 0) is 24.3 Å². The summed E-state index contributed by atoms with van der Waals surface area (Å²) in [6.45, 7) is 0. The monoisotopic (exact) mass is 225 g/mol. The Morgan fingerprint density at radius 3 is 2.82 bits per heavy atom. The van der Waals surface area contributed by atoms with Crippen molar-refractivity contribution in [3.8, 4) is 11.4 Å². The van der Waals surface area contributed by atoms with Crippen molar-refractivity contribution in [3.05, 3.63) is 36.7 Å². The van der Waals surface area contributed by atoms with E-state index < -0.39 is 0 Å². The lowest BCUT2D eigenvalue weighted by Crippen LogP contribution is -1.95. The summed E-state index contributed by atoms with van der Waals surface area (Å²) in [5.41, 5.74) is 8.35. The minimum Gasteiger partial charge on any atom is -0.384 e. The summed E-state index contributed by atoms with van der Waals surface area (Å²) in [5.74, 6) is 1.33. The maximum Gasteiger partial charge on any atom is 0.159 e. The molecule has 0 saturated heterocycles. The Morgan fingerprint density at radius 1 is 1.18 bits per heavy atom. The van der Waals surface area contributed by atoms with Gasteiger partial charge in [0.1, 0.15) is 17.2 Å². The third kappa shape index (κ3) is 1.52. The lowest BCUT2D eigenvalue weighted by molar-refractivity contribution is 0.941. The zero-order valence-electron chi connectivity index (χ0n) is 9.33. The fourth-order valence-electron chi connectivity index (χ4n) is 1.87. The third-order valence-electron chi connectivity index (χ3n) is 2.67. The number of aryl methyl sites for hydroxylation is 1. The van der Waals surface area contributed by atoms with Gasteiger partial charge in [-0.3, -0.25) is 0 Å². The molecule has 84 valence electrons. The van der Waals surface area contributed by atoms with E-state index in [1.807, 2.05) is 29.8 Å². The highest BCUT2D eigenvalue weighted by molar-refractivity contribution is 5.77. The number of aromatic nitrogens is 4. The molecule has 17 heavy (non-hydrogen) atoms. The molecule has 0 aromatic carbocycles. The Bertz CT molecular complexity index is 686. The van der Waals surface area contributed by atoms with Crippen molar-refractivity contribution in [3.63, 3.8) is 0 Å². The van der Waals surface area contributed by atoms with Gasteiger partial charge in [-0.1, -0.05) is 0 Å². The topological polar surface area (TPSA) is 69.6 Å². The van der Waals surface area contributed by atoms with Gasteiger partial charge in [0.25, 0.3) is 0 Å². The molecule has 3 rings (SSSR count). The maximum atomic E-state index is 5.68. The normalized spacial score (nSPS) is 10.9. The molecule has 0 unspecified atom stereocenters. The van der Waals surface area contributed by atoms with Crippen LogP contribution in [0, 0.1) is 0 Å². The van der Waals surface area contributed by atoms with Crippen LogP contribution in [-0.2, 0) is 7.05 Å². The summed E-state index contributed by atoms with van der Waals surface area (Å²) < 4.78 is 1.95. The lowest BCUT2D eigenvalue weighted by Gasteiger charge is -2.02. The van der Waals surface area contributed by atoms with E-state index in [1.165, 1.54) is 0 Å². The van der Waals surface area contributed by atoms with E-state index in [-0.39, 0.29) is 0 Å². The minimum atomic E-state index is 0.488. The van der Waals surface area contributed by atoms with Crippen molar-refractivity contribution in [2.45, 2.75) is 0 Å². The number of imidazole rings is 1. The first-order valence-electron chi connectivity index (χ1n) is 5.25. The molecule has 0 amide bonds. The molecule has 0 aliphatic rings. The second-order valence-electron chi connectivity index (χ2n) is 3.81. The van der Waals surface area contributed by atoms with Crippen LogP contribution in [0.15, 0.2) is 36.7 Å². The standard InChI is InChI=1S/C12H11N5/c1-17-11(8-4-6-14-10(13)7-8)16-9-3-2-5-15-12(9)17/h2-7H,1H3,(H2,13,14). The summed E-state index contributed by atoms with van der Waals surface area (Å²) in [6.07, 6.45) is 3.44. The van der Waals surface area contributed by atoms with Gasteiger partial charge in [-0.25, -0.2) is 15.0 Å². The molecule has 0 radical (unpaired) electrons. The number of rotatable bonds is 1. The van der Waals surface area contributed by atoms with Crippen LogP contribution in [0.1, 0.15) is 0 Å². The van der Waals surface area contributed by atoms with E-state index in [4.69, 9.17) is 5.73 Å². The van der Waals surface area contributed by atoms with Crippen molar-refractivity contribution >= 4 is 17.0 Å². The van der Waals surface area contributed by atoms with Gasteiger partial charge >= 0.3 is 0 Å². The Kier molecular flexibility index (Phi) is 2.04. The second-order valence-corrected chi connectivity index (χ2v) is 3.81. The van der Waals surface area contributed by atoms with E-state index in [2.05, 4.69) is 15.0 Å². The number of fused-ring (bicyclic) bond motifs is 1. The highest BCUT2D eigenvalue weighted by atomic mass is 15.1. The van der Waals surface area contributed by atoms with Crippen LogP contribution in [0.25, 0.3) is 22.6 Å². The average Bonchev–Trinajstić information content (AvgIpc) is 2.68. The zero-order valence-corrected chi connectivity index (χ0v) is 9.33. The molecule has 0 atom stereocenters. The van der Waals surface area contributed by atoms with Crippen LogP contribution < -0.4 is 5.73 Å². The summed E-state index contributed by atoms with van der Waals surface area (Å²) in [5, 5.41) is 0. The number of anilines is 1. The smallest absolute Gasteiger partial charge is 0.159 e. The average molecular weight is 225 g/mol. The number of hydrogen-bond donors (Lipinski definition) is 1. The number of nitrogen functional groups attached to an aromatic ring is 1. The van der Waals surface area contributed by atoms with E-state index >= 15 is 0 Å². The Morgan fingerprint density at radius 2 is 2.06 bits per heavy atom. The van der Waals surface area contributed by atoms with Crippen LogP contribution >= 0.6 is 0 Å². The molecule has 0 saturated carbocycles. The largest absolute Gasteiger partial charge is 0.384 e. The Labute approximate surface area is 98.0 Å².